The Hall–Kier alpha value is -1.69. The quantitative estimate of drug-likeness (QED) is 0.504. The van der Waals surface area contributed by atoms with Crippen LogP contribution in [0.1, 0.15) is 37.2 Å². The Morgan fingerprint density at radius 1 is 1.38 bits per heavy atom. The fourth-order valence-corrected chi connectivity index (χ4v) is 1.28. The molecule has 6 heteroatoms. The van der Waals surface area contributed by atoms with Crippen molar-refractivity contribution >= 4 is 11.7 Å². The highest BCUT2D eigenvalue weighted by atomic mass is 16.2. The van der Waals surface area contributed by atoms with E-state index in [0.717, 1.165) is 12.8 Å². The summed E-state index contributed by atoms with van der Waals surface area (Å²) in [6.45, 7) is 4.06. The van der Waals surface area contributed by atoms with Gasteiger partial charge in [-0.2, -0.15) is 0 Å². The van der Waals surface area contributed by atoms with E-state index in [1.165, 1.54) is 0 Å². The second-order valence-corrected chi connectivity index (χ2v) is 3.44. The third-order valence-corrected chi connectivity index (χ3v) is 2.37. The van der Waals surface area contributed by atoms with Gasteiger partial charge in [-0.25, -0.2) is 5.84 Å². The second-order valence-electron chi connectivity index (χ2n) is 3.44. The average Bonchev–Trinajstić information content (AvgIpc) is 2.35. The highest BCUT2D eigenvalue weighted by molar-refractivity contribution is 5.92. The lowest BCUT2D eigenvalue weighted by Gasteiger charge is -2.13. The van der Waals surface area contributed by atoms with Crippen molar-refractivity contribution in [3.8, 4) is 0 Å². The number of hydrogen-bond donors (Lipinski definition) is 3. The van der Waals surface area contributed by atoms with Gasteiger partial charge >= 0.3 is 0 Å². The van der Waals surface area contributed by atoms with Gasteiger partial charge in [-0.3, -0.25) is 4.79 Å². The van der Waals surface area contributed by atoms with Crippen LogP contribution in [0.25, 0.3) is 0 Å². The van der Waals surface area contributed by atoms with Crippen LogP contribution in [0.4, 0.5) is 5.82 Å². The SMILES string of the molecule is CCC(CC)NC(=O)c1ccc(NN)nn1. The van der Waals surface area contributed by atoms with E-state index in [9.17, 15) is 4.79 Å². The first-order valence-corrected chi connectivity index (χ1v) is 5.32. The molecular weight excluding hydrogens is 206 g/mol. The lowest BCUT2D eigenvalue weighted by atomic mass is 10.1. The largest absolute Gasteiger partial charge is 0.348 e. The van der Waals surface area contributed by atoms with Crippen LogP contribution in [0, 0.1) is 0 Å². The highest BCUT2D eigenvalue weighted by Gasteiger charge is 2.11. The molecule has 0 unspecified atom stereocenters. The maximum atomic E-state index is 11.7. The zero-order valence-electron chi connectivity index (χ0n) is 9.53. The molecule has 1 aromatic rings. The summed E-state index contributed by atoms with van der Waals surface area (Å²) in [5.41, 5.74) is 2.65. The standard InChI is InChI=1S/C10H17N5O/c1-3-7(4-2)12-10(16)8-5-6-9(13-11)15-14-8/h5-7H,3-4,11H2,1-2H3,(H,12,16)(H,13,15). The van der Waals surface area contributed by atoms with Crippen LogP contribution in [0.3, 0.4) is 0 Å². The molecule has 0 saturated heterocycles. The van der Waals surface area contributed by atoms with Gasteiger partial charge in [-0.05, 0) is 25.0 Å². The molecule has 1 rings (SSSR count). The van der Waals surface area contributed by atoms with Gasteiger partial charge in [0.15, 0.2) is 11.5 Å². The molecule has 88 valence electrons. The smallest absolute Gasteiger partial charge is 0.272 e. The molecule has 1 amide bonds. The molecule has 6 nitrogen and oxygen atoms in total. The van der Waals surface area contributed by atoms with Gasteiger partial charge in [0.1, 0.15) is 0 Å². The summed E-state index contributed by atoms with van der Waals surface area (Å²) in [5, 5.41) is 10.4. The first kappa shape index (κ1) is 12.4. The molecule has 0 aliphatic heterocycles. The number of anilines is 1. The molecule has 0 bridgehead atoms. The molecule has 0 aromatic carbocycles. The summed E-state index contributed by atoms with van der Waals surface area (Å²) in [6, 6.07) is 3.37. The number of nitrogens with zero attached hydrogens (tertiary/aromatic N) is 2. The number of nitrogens with two attached hydrogens (primary N) is 1. The van der Waals surface area contributed by atoms with E-state index in [1.807, 2.05) is 13.8 Å². The minimum atomic E-state index is -0.204. The van der Waals surface area contributed by atoms with Gasteiger partial charge in [0.2, 0.25) is 0 Å². The Morgan fingerprint density at radius 2 is 2.06 bits per heavy atom. The van der Waals surface area contributed by atoms with Crippen LogP contribution in [0.15, 0.2) is 12.1 Å². The van der Waals surface area contributed by atoms with Crippen molar-refractivity contribution in [3.05, 3.63) is 17.8 Å². The molecule has 0 aliphatic carbocycles. The number of carbonyl (C=O) groups excluding carboxylic acids is 1. The molecule has 0 saturated carbocycles. The third kappa shape index (κ3) is 3.16. The van der Waals surface area contributed by atoms with E-state index in [4.69, 9.17) is 5.84 Å². The zero-order valence-corrected chi connectivity index (χ0v) is 9.53. The van der Waals surface area contributed by atoms with E-state index in [2.05, 4.69) is 20.9 Å². The van der Waals surface area contributed by atoms with Crippen LogP contribution in [0.2, 0.25) is 0 Å². The number of carbonyl (C=O) groups is 1. The van der Waals surface area contributed by atoms with Gasteiger partial charge in [0.25, 0.3) is 5.91 Å². The summed E-state index contributed by atoms with van der Waals surface area (Å²) in [5.74, 6) is 5.37. The number of aromatic nitrogens is 2. The van der Waals surface area contributed by atoms with E-state index in [1.54, 1.807) is 12.1 Å². The summed E-state index contributed by atoms with van der Waals surface area (Å²) in [4.78, 5) is 11.7. The fourth-order valence-electron chi connectivity index (χ4n) is 1.28. The van der Waals surface area contributed by atoms with E-state index in [-0.39, 0.29) is 11.9 Å². The van der Waals surface area contributed by atoms with Crippen molar-refractivity contribution < 1.29 is 4.79 Å². The number of nitrogens with one attached hydrogen (secondary N) is 2. The molecule has 4 N–H and O–H groups in total. The van der Waals surface area contributed by atoms with E-state index in [0.29, 0.717) is 11.5 Å². The molecule has 0 radical (unpaired) electrons. The topological polar surface area (TPSA) is 92.9 Å². The van der Waals surface area contributed by atoms with Crippen LogP contribution in [-0.4, -0.2) is 22.1 Å². The molecule has 0 spiro atoms. The number of amides is 1. The van der Waals surface area contributed by atoms with Gasteiger partial charge in [0.05, 0.1) is 0 Å². The van der Waals surface area contributed by atoms with Crippen molar-refractivity contribution in [2.45, 2.75) is 32.7 Å². The number of hydrogen-bond acceptors (Lipinski definition) is 5. The minimum absolute atomic E-state index is 0.182. The number of hydrazine groups is 1. The number of nitrogen functional groups attached to an aromatic ring is 1. The Kier molecular flexibility index (Phi) is 4.65. The maximum absolute atomic E-state index is 11.7. The molecular formula is C10H17N5O. The number of rotatable bonds is 5. The van der Waals surface area contributed by atoms with Crippen LogP contribution in [0.5, 0.6) is 0 Å². The monoisotopic (exact) mass is 223 g/mol. The fraction of sp³-hybridized carbons (Fsp3) is 0.500. The summed E-state index contributed by atoms with van der Waals surface area (Å²) in [6.07, 6.45) is 1.80. The summed E-state index contributed by atoms with van der Waals surface area (Å²) < 4.78 is 0. The maximum Gasteiger partial charge on any atom is 0.272 e. The molecule has 1 aromatic heterocycles. The van der Waals surface area contributed by atoms with Crippen molar-refractivity contribution in [2.75, 3.05) is 5.43 Å². The predicted molar refractivity (Wildman–Crippen MR) is 61.7 cm³/mol. The highest BCUT2D eigenvalue weighted by Crippen LogP contribution is 2.02. The van der Waals surface area contributed by atoms with E-state index < -0.39 is 0 Å². The average molecular weight is 223 g/mol. The Morgan fingerprint density at radius 3 is 2.50 bits per heavy atom. The Balaban J connectivity index is 2.65. The molecule has 1 heterocycles. The van der Waals surface area contributed by atoms with Crippen LogP contribution in [-0.2, 0) is 0 Å². The van der Waals surface area contributed by atoms with Crippen molar-refractivity contribution in [3.63, 3.8) is 0 Å². The molecule has 0 atom stereocenters. The van der Waals surface area contributed by atoms with Gasteiger partial charge in [-0.15, -0.1) is 10.2 Å². The van der Waals surface area contributed by atoms with Crippen LogP contribution < -0.4 is 16.6 Å². The predicted octanol–water partition coefficient (Wildman–Crippen LogP) is 0.681. The van der Waals surface area contributed by atoms with Gasteiger partial charge in [0, 0.05) is 6.04 Å². The normalized spacial score (nSPS) is 10.2. The molecule has 0 fully saturated rings. The van der Waals surface area contributed by atoms with Gasteiger partial charge < -0.3 is 10.7 Å². The first-order chi connectivity index (χ1) is 7.71. The second kappa shape index (κ2) is 6.02. The van der Waals surface area contributed by atoms with Crippen LogP contribution >= 0.6 is 0 Å². The lowest BCUT2D eigenvalue weighted by Crippen LogP contribution is -2.34. The van der Waals surface area contributed by atoms with Crippen molar-refractivity contribution in [1.29, 1.82) is 0 Å². The summed E-state index contributed by atoms with van der Waals surface area (Å²) >= 11 is 0. The third-order valence-electron chi connectivity index (χ3n) is 2.37. The van der Waals surface area contributed by atoms with Gasteiger partial charge in [-0.1, -0.05) is 13.8 Å². The minimum Gasteiger partial charge on any atom is -0.348 e. The van der Waals surface area contributed by atoms with E-state index >= 15 is 0 Å². The molecule has 0 aliphatic rings. The zero-order chi connectivity index (χ0) is 12.0. The lowest BCUT2D eigenvalue weighted by molar-refractivity contribution is 0.0929. The van der Waals surface area contributed by atoms with Crippen molar-refractivity contribution in [2.24, 2.45) is 5.84 Å². The first-order valence-electron chi connectivity index (χ1n) is 5.32. The Bertz CT molecular complexity index is 334. The molecule has 16 heavy (non-hydrogen) atoms. The van der Waals surface area contributed by atoms with Crippen molar-refractivity contribution in [1.82, 2.24) is 15.5 Å². The Labute approximate surface area is 94.6 Å². The summed E-state index contributed by atoms with van der Waals surface area (Å²) in [7, 11) is 0.